The highest BCUT2D eigenvalue weighted by atomic mass is 32.2. The largest absolute Gasteiger partial charge is 0.481 e. The van der Waals surface area contributed by atoms with Crippen LogP contribution in [0.3, 0.4) is 0 Å². The molecular weight excluding hydrogens is 267 g/mol. The third kappa shape index (κ3) is 3.16. The molecule has 0 amide bonds. The van der Waals surface area contributed by atoms with E-state index in [1.54, 1.807) is 18.2 Å². The Balaban J connectivity index is 2.27. The van der Waals surface area contributed by atoms with Gasteiger partial charge in [0.2, 0.25) is 0 Å². The minimum Gasteiger partial charge on any atom is -0.481 e. The van der Waals surface area contributed by atoms with E-state index in [2.05, 4.69) is 0 Å². The van der Waals surface area contributed by atoms with Crippen molar-refractivity contribution in [1.29, 1.82) is 0 Å². The van der Waals surface area contributed by atoms with Gasteiger partial charge in [0.25, 0.3) is 0 Å². The number of thioether (sulfide) groups is 1. The predicted octanol–water partition coefficient (Wildman–Crippen LogP) is 2.85. The van der Waals surface area contributed by atoms with Crippen molar-refractivity contribution in [3.63, 3.8) is 0 Å². The molecule has 0 spiro atoms. The van der Waals surface area contributed by atoms with Crippen molar-refractivity contribution in [2.45, 2.75) is 25.4 Å². The second-order valence-electron chi connectivity index (χ2n) is 4.54. The minimum absolute atomic E-state index is 0.379. The Labute approximate surface area is 115 Å². The summed E-state index contributed by atoms with van der Waals surface area (Å²) in [5, 5.41) is 18.6. The van der Waals surface area contributed by atoms with Crippen LogP contribution in [0.4, 0.5) is 4.39 Å². The molecule has 1 aliphatic rings. The smallest absolute Gasteiger partial charge is 0.310 e. The molecule has 0 aliphatic carbocycles. The lowest BCUT2D eigenvalue weighted by atomic mass is 9.99. The van der Waals surface area contributed by atoms with Crippen LogP contribution in [-0.4, -0.2) is 28.0 Å². The molecule has 1 aromatic carbocycles. The number of benzene rings is 1. The lowest BCUT2D eigenvalue weighted by molar-refractivity contribution is -0.138. The average molecular weight is 282 g/mol. The highest BCUT2D eigenvalue weighted by Crippen LogP contribution is 2.33. The second-order valence-corrected chi connectivity index (χ2v) is 5.71. The van der Waals surface area contributed by atoms with Crippen LogP contribution in [-0.2, 0) is 4.79 Å². The first kappa shape index (κ1) is 14.1. The molecule has 3 nitrogen and oxygen atoms in total. The van der Waals surface area contributed by atoms with Gasteiger partial charge >= 0.3 is 5.97 Å². The number of aliphatic hydroxyl groups is 1. The Bertz CT molecular complexity index is 527. The SMILES string of the molecule is CC(C(=O)O)c1ccc(/C=C2/SCCC2O)c(F)c1. The van der Waals surface area contributed by atoms with E-state index in [-0.39, 0.29) is 0 Å². The molecular formula is C14H15FO3S. The van der Waals surface area contributed by atoms with E-state index in [1.807, 2.05) is 0 Å². The number of aliphatic hydroxyl groups excluding tert-OH is 1. The maximum Gasteiger partial charge on any atom is 0.310 e. The molecule has 0 radical (unpaired) electrons. The maximum atomic E-state index is 13.9. The standard InChI is InChI=1S/C14H15FO3S/c1-8(14(17)18)9-2-3-10(11(15)6-9)7-13-12(16)4-5-19-13/h2-3,6-8,12,16H,4-5H2,1H3,(H,17,18)/b13-7+. The van der Waals surface area contributed by atoms with Crippen LogP contribution in [0, 0.1) is 5.82 Å². The van der Waals surface area contributed by atoms with Gasteiger partial charge in [-0.2, -0.15) is 0 Å². The molecule has 102 valence electrons. The number of rotatable bonds is 3. The quantitative estimate of drug-likeness (QED) is 0.895. The Kier molecular flexibility index (Phi) is 4.27. The molecule has 1 aliphatic heterocycles. The van der Waals surface area contributed by atoms with Crippen LogP contribution in [0.15, 0.2) is 23.1 Å². The third-order valence-electron chi connectivity index (χ3n) is 3.18. The summed E-state index contributed by atoms with van der Waals surface area (Å²) in [6.07, 6.45) is 1.81. The summed E-state index contributed by atoms with van der Waals surface area (Å²) in [5.41, 5.74) is 0.816. The van der Waals surface area contributed by atoms with Gasteiger partial charge in [-0.25, -0.2) is 4.39 Å². The molecule has 0 aromatic heterocycles. The predicted molar refractivity (Wildman–Crippen MR) is 73.5 cm³/mol. The van der Waals surface area contributed by atoms with Crippen LogP contribution in [0.25, 0.3) is 6.08 Å². The van der Waals surface area contributed by atoms with Crippen LogP contribution in [0.5, 0.6) is 0 Å². The zero-order valence-corrected chi connectivity index (χ0v) is 11.3. The zero-order chi connectivity index (χ0) is 14.0. The molecule has 0 bridgehead atoms. The summed E-state index contributed by atoms with van der Waals surface area (Å²) in [4.78, 5) is 11.6. The normalized spacial score (nSPS) is 22.7. The lowest BCUT2D eigenvalue weighted by Crippen LogP contribution is -2.07. The van der Waals surface area contributed by atoms with E-state index in [0.717, 1.165) is 10.7 Å². The number of carbonyl (C=O) groups is 1. The molecule has 2 rings (SSSR count). The van der Waals surface area contributed by atoms with Crippen molar-refractivity contribution in [2.75, 3.05) is 5.75 Å². The topological polar surface area (TPSA) is 57.5 Å². The first-order valence-electron chi connectivity index (χ1n) is 6.03. The molecule has 1 aromatic rings. The number of carboxylic acid groups (broad SMARTS) is 1. The highest BCUT2D eigenvalue weighted by molar-refractivity contribution is 8.03. The molecule has 2 unspecified atom stereocenters. The van der Waals surface area contributed by atoms with Gasteiger partial charge in [-0.3, -0.25) is 4.79 Å². The second kappa shape index (κ2) is 5.75. The van der Waals surface area contributed by atoms with Gasteiger partial charge < -0.3 is 10.2 Å². The fraction of sp³-hybridized carbons (Fsp3) is 0.357. The van der Waals surface area contributed by atoms with Gasteiger partial charge in [0, 0.05) is 16.2 Å². The first-order chi connectivity index (χ1) is 8.99. The fourth-order valence-corrected chi connectivity index (χ4v) is 2.99. The maximum absolute atomic E-state index is 13.9. The van der Waals surface area contributed by atoms with Crippen molar-refractivity contribution < 1.29 is 19.4 Å². The first-order valence-corrected chi connectivity index (χ1v) is 7.02. The van der Waals surface area contributed by atoms with E-state index in [1.165, 1.54) is 24.8 Å². The summed E-state index contributed by atoms with van der Waals surface area (Å²) in [7, 11) is 0. The number of hydrogen-bond donors (Lipinski definition) is 2. The lowest BCUT2D eigenvalue weighted by Gasteiger charge is -2.09. The number of halogens is 1. The van der Waals surface area contributed by atoms with E-state index >= 15 is 0 Å². The van der Waals surface area contributed by atoms with Gasteiger partial charge in [0.15, 0.2) is 0 Å². The van der Waals surface area contributed by atoms with Crippen molar-refractivity contribution >= 4 is 23.8 Å². The van der Waals surface area contributed by atoms with Crippen molar-refractivity contribution in [2.24, 2.45) is 0 Å². The molecule has 1 saturated heterocycles. The minimum atomic E-state index is -0.979. The van der Waals surface area contributed by atoms with E-state index < -0.39 is 23.8 Å². The number of aliphatic carboxylic acids is 1. The van der Waals surface area contributed by atoms with E-state index in [0.29, 0.717) is 17.5 Å². The number of carboxylic acids is 1. The summed E-state index contributed by atoms with van der Waals surface area (Å²) >= 11 is 1.52. The molecule has 19 heavy (non-hydrogen) atoms. The van der Waals surface area contributed by atoms with Crippen LogP contribution in [0.2, 0.25) is 0 Å². The van der Waals surface area contributed by atoms with Crippen molar-refractivity contribution in [3.05, 3.63) is 40.0 Å². The number of hydrogen-bond acceptors (Lipinski definition) is 3. The molecule has 0 saturated carbocycles. The van der Waals surface area contributed by atoms with Gasteiger partial charge in [-0.15, -0.1) is 11.8 Å². The molecule has 2 atom stereocenters. The highest BCUT2D eigenvalue weighted by Gasteiger charge is 2.20. The van der Waals surface area contributed by atoms with Crippen LogP contribution in [0.1, 0.15) is 30.4 Å². The Morgan fingerprint density at radius 2 is 2.32 bits per heavy atom. The molecule has 2 N–H and O–H groups in total. The molecule has 5 heteroatoms. The average Bonchev–Trinajstić information content (AvgIpc) is 2.76. The Morgan fingerprint density at radius 3 is 2.84 bits per heavy atom. The summed E-state index contributed by atoms with van der Waals surface area (Å²) in [5.74, 6) is -1.34. The van der Waals surface area contributed by atoms with E-state index in [9.17, 15) is 14.3 Å². The molecule has 1 heterocycles. The summed E-state index contributed by atoms with van der Waals surface area (Å²) in [6.45, 7) is 1.52. The third-order valence-corrected chi connectivity index (χ3v) is 4.34. The van der Waals surface area contributed by atoms with E-state index in [4.69, 9.17) is 5.11 Å². The van der Waals surface area contributed by atoms with Gasteiger partial charge in [0.1, 0.15) is 5.82 Å². The Morgan fingerprint density at radius 1 is 1.58 bits per heavy atom. The molecule has 1 fully saturated rings. The van der Waals surface area contributed by atoms with Crippen LogP contribution < -0.4 is 0 Å². The van der Waals surface area contributed by atoms with Gasteiger partial charge in [-0.1, -0.05) is 12.1 Å². The fourth-order valence-electron chi connectivity index (χ4n) is 1.89. The van der Waals surface area contributed by atoms with Gasteiger partial charge in [0.05, 0.1) is 12.0 Å². The van der Waals surface area contributed by atoms with Gasteiger partial charge in [-0.05, 0) is 31.1 Å². The van der Waals surface area contributed by atoms with Crippen molar-refractivity contribution in [3.8, 4) is 0 Å². The van der Waals surface area contributed by atoms with Crippen LogP contribution >= 0.6 is 11.8 Å². The Hall–Kier alpha value is -1.33. The monoisotopic (exact) mass is 282 g/mol. The van der Waals surface area contributed by atoms with Crippen molar-refractivity contribution in [1.82, 2.24) is 0 Å². The summed E-state index contributed by atoms with van der Waals surface area (Å²) < 4.78 is 13.9. The summed E-state index contributed by atoms with van der Waals surface area (Å²) in [6, 6.07) is 4.42. The zero-order valence-electron chi connectivity index (χ0n) is 10.5.